The molecule has 0 bridgehead atoms. The van der Waals surface area contributed by atoms with Crippen LogP contribution in [-0.4, -0.2) is 56.0 Å². The first-order chi connectivity index (χ1) is 9.11. The zero-order valence-electron chi connectivity index (χ0n) is 11.3. The van der Waals surface area contributed by atoms with Crippen molar-refractivity contribution in [2.45, 2.75) is 37.7 Å². The van der Waals surface area contributed by atoms with Gasteiger partial charge in [0.05, 0.1) is 12.6 Å². The third kappa shape index (κ3) is 3.52. The van der Waals surface area contributed by atoms with E-state index in [1.54, 1.807) is 0 Å². The molecule has 3 atom stereocenters. The molecule has 0 aromatic rings. The molecule has 0 radical (unpaired) electrons. The Labute approximate surface area is 113 Å². The standard InChI is InChI=1S/C13H22FN3O2/c1-19-11-5-6-17(8-10(11)14)13(18)12(15)16-7-9-3-2-4-9/h3,10-12,16H,2,4-8,15H2,1H3/t10-,11?,12?/m1/s1. The van der Waals surface area contributed by atoms with E-state index in [-0.39, 0.29) is 12.5 Å². The van der Waals surface area contributed by atoms with Gasteiger partial charge in [-0.15, -0.1) is 0 Å². The monoisotopic (exact) mass is 271 g/mol. The Morgan fingerprint density at radius 1 is 1.74 bits per heavy atom. The highest BCUT2D eigenvalue weighted by atomic mass is 19.1. The van der Waals surface area contributed by atoms with Gasteiger partial charge in [-0.05, 0) is 19.3 Å². The molecule has 2 aliphatic rings. The fourth-order valence-corrected chi connectivity index (χ4v) is 2.38. The van der Waals surface area contributed by atoms with Gasteiger partial charge in [0.15, 0.2) is 0 Å². The summed E-state index contributed by atoms with van der Waals surface area (Å²) in [7, 11) is 1.49. The van der Waals surface area contributed by atoms with Crippen molar-refractivity contribution in [2.75, 3.05) is 26.7 Å². The van der Waals surface area contributed by atoms with Crippen molar-refractivity contribution >= 4 is 5.91 Å². The van der Waals surface area contributed by atoms with E-state index < -0.39 is 18.4 Å². The molecule has 2 rings (SSSR count). The lowest BCUT2D eigenvalue weighted by Crippen LogP contribution is -2.57. The zero-order valence-corrected chi connectivity index (χ0v) is 11.3. The summed E-state index contributed by atoms with van der Waals surface area (Å²) in [6.07, 6.45) is 2.52. The highest BCUT2D eigenvalue weighted by molar-refractivity contribution is 5.81. The molecule has 3 N–H and O–H groups in total. The highest BCUT2D eigenvalue weighted by Gasteiger charge is 2.33. The van der Waals surface area contributed by atoms with Gasteiger partial charge < -0.3 is 15.4 Å². The Balaban J connectivity index is 1.78. The molecule has 0 saturated carbocycles. The van der Waals surface area contributed by atoms with Crippen LogP contribution in [0.2, 0.25) is 0 Å². The molecule has 6 heteroatoms. The average molecular weight is 271 g/mol. The molecule has 5 nitrogen and oxygen atoms in total. The van der Waals surface area contributed by atoms with Crippen molar-refractivity contribution in [3.05, 3.63) is 11.6 Å². The van der Waals surface area contributed by atoms with Crippen LogP contribution in [0.3, 0.4) is 0 Å². The summed E-state index contributed by atoms with van der Waals surface area (Å²) in [5.74, 6) is -0.239. The fourth-order valence-electron chi connectivity index (χ4n) is 2.38. The predicted octanol–water partition coefficient (Wildman–Crippen LogP) is 0.166. The van der Waals surface area contributed by atoms with Crippen LogP contribution >= 0.6 is 0 Å². The van der Waals surface area contributed by atoms with Gasteiger partial charge in [0, 0.05) is 20.2 Å². The first-order valence-corrected chi connectivity index (χ1v) is 6.74. The number of carbonyl (C=O) groups is 1. The number of carbonyl (C=O) groups excluding carboxylic acids is 1. The largest absolute Gasteiger partial charge is 0.378 e. The summed E-state index contributed by atoms with van der Waals surface area (Å²) in [6, 6.07) is 0. The summed E-state index contributed by atoms with van der Waals surface area (Å²) in [5.41, 5.74) is 7.09. The molecule has 108 valence electrons. The van der Waals surface area contributed by atoms with Crippen LogP contribution in [0.4, 0.5) is 4.39 Å². The van der Waals surface area contributed by atoms with E-state index in [1.807, 2.05) is 0 Å². The highest BCUT2D eigenvalue weighted by Crippen LogP contribution is 2.18. The molecule has 0 spiro atoms. The Hall–Kier alpha value is -0.980. The molecule has 1 aliphatic heterocycles. The van der Waals surface area contributed by atoms with E-state index >= 15 is 0 Å². The minimum absolute atomic E-state index is 0.0649. The predicted molar refractivity (Wildman–Crippen MR) is 70.2 cm³/mol. The van der Waals surface area contributed by atoms with E-state index in [0.717, 1.165) is 12.8 Å². The number of ether oxygens (including phenoxy) is 1. The quantitative estimate of drug-likeness (QED) is 0.552. The Bertz CT molecular complexity index is 362. The van der Waals surface area contributed by atoms with Gasteiger partial charge in [0.2, 0.25) is 0 Å². The van der Waals surface area contributed by atoms with E-state index in [4.69, 9.17) is 10.5 Å². The number of rotatable bonds is 5. The second-order valence-corrected chi connectivity index (χ2v) is 5.12. The van der Waals surface area contributed by atoms with Gasteiger partial charge in [0.1, 0.15) is 12.3 Å². The fraction of sp³-hybridized carbons (Fsp3) is 0.769. The summed E-state index contributed by atoms with van der Waals surface area (Å²) >= 11 is 0. The summed E-state index contributed by atoms with van der Waals surface area (Å²) < 4.78 is 18.7. The van der Waals surface area contributed by atoms with Crippen LogP contribution in [0.25, 0.3) is 0 Å². The molecule has 0 aromatic carbocycles. The van der Waals surface area contributed by atoms with Crippen molar-refractivity contribution in [2.24, 2.45) is 5.73 Å². The lowest BCUT2D eigenvalue weighted by molar-refractivity contribution is -0.138. The maximum atomic E-state index is 13.7. The van der Waals surface area contributed by atoms with E-state index in [9.17, 15) is 9.18 Å². The van der Waals surface area contributed by atoms with E-state index in [1.165, 1.54) is 17.6 Å². The van der Waals surface area contributed by atoms with Crippen molar-refractivity contribution in [1.29, 1.82) is 0 Å². The Morgan fingerprint density at radius 2 is 2.47 bits per heavy atom. The number of nitrogens with two attached hydrogens (primary N) is 1. The number of methoxy groups -OCH3 is 1. The van der Waals surface area contributed by atoms with Crippen molar-refractivity contribution in [1.82, 2.24) is 10.2 Å². The number of alkyl halides is 1. The number of nitrogens with zero attached hydrogens (tertiary/aromatic N) is 1. The number of hydrogen-bond acceptors (Lipinski definition) is 4. The number of allylic oxidation sites excluding steroid dienone is 1. The minimum atomic E-state index is -1.13. The molecule has 0 aromatic heterocycles. The second-order valence-electron chi connectivity index (χ2n) is 5.12. The molecular weight excluding hydrogens is 249 g/mol. The van der Waals surface area contributed by atoms with Crippen molar-refractivity contribution in [3.8, 4) is 0 Å². The number of nitrogens with one attached hydrogen (secondary N) is 1. The van der Waals surface area contributed by atoms with Gasteiger partial charge in [0.25, 0.3) is 5.91 Å². The average Bonchev–Trinajstić information content (AvgIpc) is 2.35. The number of amides is 1. The van der Waals surface area contributed by atoms with E-state index in [0.29, 0.717) is 19.5 Å². The van der Waals surface area contributed by atoms with Gasteiger partial charge in [-0.3, -0.25) is 10.1 Å². The number of hydrogen-bond donors (Lipinski definition) is 2. The molecule has 1 aliphatic carbocycles. The van der Waals surface area contributed by atoms with Crippen LogP contribution in [-0.2, 0) is 9.53 Å². The third-order valence-corrected chi connectivity index (χ3v) is 3.81. The smallest absolute Gasteiger partial charge is 0.254 e. The number of likely N-dealkylation sites (tertiary alicyclic amines) is 1. The van der Waals surface area contributed by atoms with Crippen LogP contribution in [0.5, 0.6) is 0 Å². The molecule has 1 saturated heterocycles. The van der Waals surface area contributed by atoms with E-state index in [2.05, 4.69) is 11.4 Å². The lowest BCUT2D eigenvalue weighted by Gasteiger charge is -2.35. The van der Waals surface area contributed by atoms with Gasteiger partial charge >= 0.3 is 0 Å². The van der Waals surface area contributed by atoms with Crippen molar-refractivity contribution in [3.63, 3.8) is 0 Å². The van der Waals surface area contributed by atoms with Gasteiger partial charge in [-0.1, -0.05) is 11.6 Å². The Kier molecular flexibility index (Phi) is 4.90. The summed E-state index contributed by atoms with van der Waals surface area (Å²) in [4.78, 5) is 13.5. The van der Waals surface area contributed by atoms with Gasteiger partial charge in [-0.25, -0.2) is 4.39 Å². The first kappa shape index (κ1) is 14.4. The normalized spacial score (nSPS) is 28.6. The molecule has 1 heterocycles. The minimum Gasteiger partial charge on any atom is -0.378 e. The van der Waals surface area contributed by atoms with Crippen LogP contribution < -0.4 is 11.1 Å². The summed E-state index contributed by atoms with van der Waals surface area (Å²) in [5, 5.41) is 2.99. The SMILES string of the molecule is COC1CCN(C(=O)C(N)NCC2=CCC2)C[C@H]1F. The topological polar surface area (TPSA) is 67.6 Å². The lowest BCUT2D eigenvalue weighted by atomic mass is 9.99. The first-order valence-electron chi connectivity index (χ1n) is 6.74. The number of halogens is 1. The molecule has 2 unspecified atom stereocenters. The zero-order chi connectivity index (χ0) is 13.8. The van der Waals surface area contributed by atoms with Gasteiger partial charge in [-0.2, -0.15) is 0 Å². The second kappa shape index (κ2) is 6.45. The third-order valence-electron chi connectivity index (χ3n) is 3.81. The van der Waals surface area contributed by atoms with Crippen LogP contribution in [0.1, 0.15) is 19.3 Å². The molecule has 1 fully saturated rings. The Morgan fingerprint density at radius 3 is 3.00 bits per heavy atom. The molecule has 1 amide bonds. The van der Waals surface area contributed by atoms with Crippen LogP contribution in [0.15, 0.2) is 11.6 Å². The van der Waals surface area contributed by atoms with Crippen molar-refractivity contribution < 1.29 is 13.9 Å². The maximum Gasteiger partial charge on any atom is 0.254 e. The number of piperidine rings is 1. The molecule has 19 heavy (non-hydrogen) atoms. The molecular formula is C13H22FN3O2. The van der Waals surface area contributed by atoms with Crippen LogP contribution in [0, 0.1) is 0 Å². The summed E-state index contributed by atoms with van der Waals surface area (Å²) in [6.45, 7) is 1.20. The maximum absolute atomic E-state index is 13.7.